The normalized spacial score (nSPS) is 13.7. The van der Waals surface area contributed by atoms with Gasteiger partial charge in [0.25, 0.3) is 11.5 Å². The molecule has 1 saturated heterocycles. The third kappa shape index (κ3) is 6.29. The first-order valence-corrected chi connectivity index (χ1v) is 16.6. The highest BCUT2D eigenvalue weighted by Gasteiger charge is 2.32. The predicted octanol–water partition coefficient (Wildman–Crippen LogP) is 5.55. The average Bonchev–Trinajstić information content (AvgIpc) is 3.79. The molecule has 2 aromatic carbocycles. The van der Waals surface area contributed by atoms with Crippen molar-refractivity contribution in [2.45, 2.75) is 33.0 Å². The molecule has 0 radical (unpaired) electrons. The number of aryl methyl sites for hydroxylation is 1. The van der Waals surface area contributed by atoms with Gasteiger partial charge in [0.2, 0.25) is 5.91 Å². The van der Waals surface area contributed by atoms with E-state index in [1.165, 1.54) is 15.7 Å². The minimum absolute atomic E-state index is 0.0124. The van der Waals surface area contributed by atoms with Gasteiger partial charge in [0, 0.05) is 48.9 Å². The van der Waals surface area contributed by atoms with Crippen LogP contribution in [0, 0.1) is 6.92 Å². The van der Waals surface area contributed by atoms with E-state index in [9.17, 15) is 32.7 Å². The Hall–Kier alpha value is -5.90. The van der Waals surface area contributed by atoms with Crippen molar-refractivity contribution in [1.29, 1.82) is 0 Å². The van der Waals surface area contributed by atoms with Crippen LogP contribution in [0.25, 0.3) is 27.9 Å². The monoisotopic (exact) mass is 734 g/mol. The molecule has 5 heterocycles. The largest absolute Gasteiger partial charge is 0.504 e. The second kappa shape index (κ2) is 13.3. The maximum Gasteiger partial charge on any atom is 0.416 e. The maximum atomic E-state index is 14.3. The van der Waals surface area contributed by atoms with Gasteiger partial charge in [0.1, 0.15) is 29.8 Å². The van der Waals surface area contributed by atoms with Crippen LogP contribution < -0.4 is 15.8 Å². The number of piperazine rings is 1. The summed E-state index contributed by atoms with van der Waals surface area (Å²) in [5.74, 6) is -1.38. The molecule has 17 heteroatoms. The number of nitrogens with zero attached hydrogens (tertiary/aromatic N) is 7. The van der Waals surface area contributed by atoms with Gasteiger partial charge in [-0.2, -0.15) is 22.8 Å². The summed E-state index contributed by atoms with van der Waals surface area (Å²) < 4.78 is 48.1. The van der Waals surface area contributed by atoms with Crippen LogP contribution in [0.2, 0.25) is 5.02 Å². The summed E-state index contributed by atoms with van der Waals surface area (Å²) in [5.41, 5.74) is 1.54. The van der Waals surface area contributed by atoms with Gasteiger partial charge in [-0.25, -0.2) is 9.97 Å². The second-order valence-corrected chi connectivity index (χ2v) is 12.6. The molecule has 52 heavy (non-hydrogen) atoms. The molecular weight excluding hydrogens is 705 g/mol. The minimum Gasteiger partial charge on any atom is -0.504 e. The summed E-state index contributed by atoms with van der Waals surface area (Å²) >= 11 is 6.14. The molecule has 1 aliphatic rings. The van der Waals surface area contributed by atoms with Gasteiger partial charge in [-0.3, -0.25) is 14.4 Å². The number of aromatic hydroxyl groups is 1. The van der Waals surface area contributed by atoms with Gasteiger partial charge in [-0.1, -0.05) is 30.7 Å². The molecule has 4 aromatic heterocycles. The van der Waals surface area contributed by atoms with Gasteiger partial charge >= 0.3 is 6.18 Å². The predicted molar refractivity (Wildman–Crippen MR) is 186 cm³/mol. The van der Waals surface area contributed by atoms with Crippen LogP contribution >= 0.6 is 11.6 Å². The van der Waals surface area contributed by atoms with Gasteiger partial charge in [0.15, 0.2) is 11.4 Å². The van der Waals surface area contributed by atoms with Crippen molar-refractivity contribution in [1.82, 2.24) is 29.0 Å². The number of alkyl halides is 3. The van der Waals surface area contributed by atoms with E-state index in [1.807, 2.05) is 30.0 Å². The molecule has 268 valence electrons. The molecule has 0 bridgehead atoms. The number of hydrogen-bond acceptors (Lipinski definition) is 9. The van der Waals surface area contributed by atoms with E-state index in [1.54, 1.807) is 29.9 Å². The second-order valence-electron chi connectivity index (χ2n) is 12.2. The molecule has 1 aliphatic heterocycles. The summed E-state index contributed by atoms with van der Waals surface area (Å²) in [6.07, 6.45) is -1.54. The average molecular weight is 735 g/mol. The van der Waals surface area contributed by atoms with Crippen LogP contribution in [0.4, 0.5) is 24.5 Å². The zero-order chi connectivity index (χ0) is 36.9. The molecule has 0 saturated carbocycles. The molecule has 2 N–H and O–H groups in total. The standard InChI is InChI=1S/C35H30ClF3N8O5/c1-3-26-31(44-9-11-45(12-10-44)33(50)30-32(49)19(2)40-18-41-30)34(51)47-29(16-25(43-47)21-5-4-20-8-13-52-27(20)14-21)46(26)17-28(48)42-24-7-6-22(15-23(24)36)35(37,38)39/h4-8,13-16,18,49H,3,9-12,17H2,1-2H3,(H,42,48). The number of carbonyl (C=O) groups excluding carboxylic acids is 2. The van der Waals surface area contributed by atoms with Crippen molar-refractivity contribution >= 4 is 51.4 Å². The topological polar surface area (TPSA) is 151 Å². The molecule has 0 unspecified atom stereocenters. The summed E-state index contributed by atoms with van der Waals surface area (Å²) in [5, 5.41) is 18.2. The number of benzene rings is 2. The van der Waals surface area contributed by atoms with Crippen LogP contribution in [0.1, 0.15) is 34.4 Å². The van der Waals surface area contributed by atoms with E-state index in [0.29, 0.717) is 34.6 Å². The minimum atomic E-state index is -4.61. The Morgan fingerprint density at radius 3 is 2.52 bits per heavy atom. The Morgan fingerprint density at radius 1 is 1.04 bits per heavy atom. The van der Waals surface area contributed by atoms with E-state index in [4.69, 9.17) is 16.0 Å². The third-order valence-corrected chi connectivity index (χ3v) is 9.32. The van der Waals surface area contributed by atoms with E-state index < -0.39 is 29.1 Å². The Balaban J connectivity index is 1.26. The highest BCUT2D eigenvalue weighted by atomic mass is 35.5. The first-order valence-electron chi connectivity index (χ1n) is 16.2. The van der Waals surface area contributed by atoms with Crippen LogP contribution in [0.3, 0.4) is 0 Å². The lowest BCUT2D eigenvalue weighted by Crippen LogP contribution is -2.51. The Bertz CT molecular complexity index is 2430. The van der Waals surface area contributed by atoms with Crippen molar-refractivity contribution in [3.8, 4) is 17.0 Å². The van der Waals surface area contributed by atoms with Crippen LogP contribution in [0.5, 0.6) is 5.75 Å². The quantitative estimate of drug-likeness (QED) is 0.215. The zero-order valence-electron chi connectivity index (χ0n) is 27.7. The van der Waals surface area contributed by atoms with Gasteiger partial charge in [-0.15, -0.1) is 0 Å². The molecule has 0 spiro atoms. The van der Waals surface area contributed by atoms with Gasteiger partial charge in [-0.05, 0) is 43.7 Å². The van der Waals surface area contributed by atoms with Crippen molar-refractivity contribution in [2.24, 2.45) is 0 Å². The molecule has 1 fully saturated rings. The maximum absolute atomic E-state index is 14.3. The van der Waals surface area contributed by atoms with E-state index in [0.717, 1.165) is 23.6 Å². The van der Waals surface area contributed by atoms with Crippen molar-refractivity contribution in [3.63, 3.8) is 0 Å². The van der Waals surface area contributed by atoms with Crippen LogP contribution in [-0.2, 0) is 23.9 Å². The van der Waals surface area contributed by atoms with Crippen molar-refractivity contribution in [3.05, 3.63) is 99.1 Å². The zero-order valence-corrected chi connectivity index (χ0v) is 28.5. The highest BCUT2D eigenvalue weighted by molar-refractivity contribution is 6.33. The Labute approximate surface area is 297 Å². The summed E-state index contributed by atoms with van der Waals surface area (Å²) in [6, 6.07) is 11.6. The van der Waals surface area contributed by atoms with Crippen LogP contribution in [0.15, 0.2) is 70.3 Å². The molecule has 7 rings (SSSR count). The molecule has 0 atom stereocenters. The summed E-state index contributed by atoms with van der Waals surface area (Å²) in [6.45, 7) is 3.92. The van der Waals surface area contributed by atoms with Crippen molar-refractivity contribution < 1.29 is 32.3 Å². The van der Waals surface area contributed by atoms with Gasteiger partial charge < -0.3 is 29.2 Å². The van der Waals surface area contributed by atoms with E-state index in [2.05, 4.69) is 20.4 Å². The molecule has 6 aromatic rings. The number of halogens is 4. The fourth-order valence-electron chi connectivity index (χ4n) is 6.34. The Kier molecular flexibility index (Phi) is 8.86. The number of amides is 2. The Morgan fingerprint density at radius 2 is 1.81 bits per heavy atom. The number of hydrogen-bond donors (Lipinski definition) is 2. The van der Waals surface area contributed by atoms with E-state index >= 15 is 0 Å². The smallest absolute Gasteiger partial charge is 0.416 e. The number of nitrogens with one attached hydrogen (secondary N) is 1. The number of fused-ring (bicyclic) bond motifs is 2. The van der Waals surface area contributed by atoms with Crippen LogP contribution in [-0.4, -0.2) is 72.1 Å². The number of furan rings is 1. The van der Waals surface area contributed by atoms with Gasteiger partial charge in [0.05, 0.1) is 33.9 Å². The fourth-order valence-corrected chi connectivity index (χ4v) is 6.57. The first kappa shape index (κ1) is 34.5. The van der Waals surface area contributed by atoms with Crippen molar-refractivity contribution in [2.75, 3.05) is 36.4 Å². The number of anilines is 2. The lowest BCUT2D eigenvalue weighted by molar-refractivity contribution is -0.137. The third-order valence-electron chi connectivity index (χ3n) is 9.01. The first-order chi connectivity index (χ1) is 24.8. The lowest BCUT2D eigenvalue weighted by Gasteiger charge is -2.36. The SMILES string of the molecule is CCc1c(N2CCN(C(=O)c3ncnc(C)c3O)CC2)c(=O)n2nc(-c3ccc4ccoc4c3)cc2n1CC(=O)Nc1ccc(C(F)(F)F)cc1Cl. The highest BCUT2D eigenvalue weighted by Crippen LogP contribution is 2.34. The number of aromatic nitrogens is 5. The molecular formula is C35H30ClF3N8O5. The fraction of sp³-hybridized carbons (Fsp3) is 0.257. The summed E-state index contributed by atoms with van der Waals surface area (Å²) in [4.78, 5) is 52.4. The molecule has 0 aliphatic carbocycles. The summed E-state index contributed by atoms with van der Waals surface area (Å²) in [7, 11) is 0. The molecule has 13 nitrogen and oxygen atoms in total. The molecule has 2 amide bonds. The lowest BCUT2D eigenvalue weighted by atomic mass is 10.1. The van der Waals surface area contributed by atoms with E-state index in [-0.39, 0.29) is 66.3 Å². The number of rotatable bonds is 7. The number of carbonyl (C=O) groups is 2.